The highest BCUT2D eigenvalue weighted by atomic mass is 15.2. The van der Waals surface area contributed by atoms with Crippen molar-refractivity contribution in [2.24, 2.45) is 0 Å². The molecule has 1 saturated heterocycles. The Kier molecular flexibility index (Phi) is 2.21. The van der Waals surface area contributed by atoms with Crippen LogP contribution in [0.1, 0.15) is 25.4 Å². The quantitative estimate of drug-likeness (QED) is 0.735. The van der Waals surface area contributed by atoms with Crippen LogP contribution in [0.25, 0.3) is 11.2 Å². The second kappa shape index (κ2) is 3.71. The summed E-state index contributed by atoms with van der Waals surface area (Å²) in [4.78, 5) is 12.4. The molecule has 1 atom stereocenters. The molecule has 3 N–H and O–H groups in total. The van der Waals surface area contributed by atoms with E-state index < -0.39 is 0 Å². The highest BCUT2D eigenvalue weighted by molar-refractivity contribution is 5.81. The Morgan fingerprint density at radius 1 is 1.31 bits per heavy atom. The van der Waals surface area contributed by atoms with Crippen LogP contribution in [-0.4, -0.2) is 26.1 Å². The van der Waals surface area contributed by atoms with Gasteiger partial charge < -0.3 is 5.73 Å². The number of anilines is 1. The minimum Gasteiger partial charge on any atom is -0.382 e. The molecule has 2 aromatic heterocycles. The van der Waals surface area contributed by atoms with Gasteiger partial charge in [-0.1, -0.05) is 0 Å². The molecule has 6 heteroatoms. The predicted octanol–water partition coefficient (Wildman–Crippen LogP) is 0.681. The van der Waals surface area contributed by atoms with Gasteiger partial charge in [0, 0.05) is 0 Å². The largest absolute Gasteiger partial charge is 0.382 e. The highest BCUT2D eigenvalue weighted by Crippen LogP contribution is 2.22. The van der Waals surface area contributed by atoms with Crippen molar-refractivity contribution in [1.29, 1.82) is 0 Å². The number of nitrogens with zero attached hydrogens (tertiary/aromatic N) is 4. The lowest BCUT2D eigenvalue weighted by atomic mass is 10.1. The van der Waals surface area contributed by atoms with E-state index in [1.165, 1.54) is 19.2 Å². The molecule has 0 spiro atoms. The molecule has 1 aliphatic heterocycles. The molecule has 0 saturated carbocycles. The van der Waals surface area contributed by atoms with Crippen LogP contribution in [-0.2, 0) is 0 Å². The summed E-state index contributed by atoms with van der Waals surface area (Å²) in [5, 5.41) is 3.45. The van der Waals surface area contributed by atoms with E-state index in [1.54, 1.807) is 6.33 Å². The third-order valence-corrected chi connectivity index (χ3v) is 3.01. The molecule has 84 valence electrons. The molecule has 0 aromatic carbocycles. The van der Waals surface area contributed by atoms with Crippen molar-refractivity contribution in [3.05, 3.63) is 12.7 Å². The molecule has 3 rings (SSSR count). The number of hydrogen-bond acceptors (Lipinski definition) is 5. The molecular weight excluding hydrogens is 204 g/mol. The molecule has 1 unspecified atom stereocenters. The van der Waals surface area contributed by atoms with E-state index in [2.05, 4.69) is 20.3 Å². The molecule has 0 radical (unpaired) electrons. The highest BCUT2D eigenvalue weighted by Gasteiger charge is 2.17. The maximum Gasteiger partial charge on any atom is 0.166 e. The van der Waals surface area contributed by atoms with Crippen molar-refractivity contribution < 1.29 is 0 Å². The topological polar surface area (TPSA) is 81.7 Å². The molecule has 1 aliphatic rings. The van der Waals surface area contributed by atoms with E-state index in [4.69, 9.17) is 5.73 Å². The third kappa shape index (κ3) is 1.42. The van der Waals surface area contributed by atoms with Crippen molar-refractivity contribution in [2.45, 2.75) is 25.4 Å². The zero-order valence-electron chi connectivity index (χ0n) is 8.93. The van der Waals surface area contributed by atoms with Gasteiger partial charge in [0.25, 0.3) is 0 Å². The van der Waals surface area contributed by atoms with Gasteiger partial charge in [0.1, 0.15) is 11.8 Å². The molecule has 3 heterocycles. The van der Waals surface area contributed by atoms with E-state index in [1.807, 2.05) is 4.57 Å². The third-order valence-electron chi connectivity index (χ3n) is 3.01. The van der Waals surface area contributed by atoms with Crippen molar-refractivity contribution in [2.75, 3.05) is 12.3 Å². The maximum atomic E-state index is 5.75. The fraction of sp³-hybridized carbons (Fsp3) is 0.500. The number of imidazole rings is 1. The Morgan fingerprint density at radius 2 is 2.25 bits per heavy atom. The average Bonchev–Trinajstić information content (AvgIpc) is 2.75. The Bertz CT molecular complexity index is 499. The summed E-state index contributed by atoms with van der Waals surface area (Å²) in [6.07, 6.45) is 7.14. The van der Waals surface area contributed by atoms with Gasteiger partial charge in [0.15, 0.2) is 11.5 Å². The number of nitrogens with one attached hydrogen (secondary N) is 1. The lowest BCUT2D eigenvalue weighted by Gasteiger charge is -2.24. The van der Waals surface area contributed by atoms with Crippen LogP contribution in [0.4, 0.5) is 5.82 Å². The fourth-order valence-corrected chi connectivity index (χ4v) is 2.17. The SMILES string of the molecule is Nc1ncnc2c1ncn2C1CCCCN1. The van der Waals surface area contributed by atoms with E-state index in [-0.39, 0.29) is 6.17 Å². The second-order valence-electron chi connectivity index (χ2n) is 4.05. The van der Waals surface area contributed by atoms with Crippen molar-refractivity contribution in [3.8, 4) is 0 Å². The summed E-state index contributed by atoms with van der Waals surface area (Å²) in [5.74, 6) is 0.444. The molecule has 0 amide bonds. The standard InChI is InChI=1S/C10H14N6/c11-9-8-10(14-5-13-9)16(6-15-8)7-3-1-2-4-12-7/h5-7,12H,1-4H2,(H2,11,13,14). The summed E-state index contributed by atoms with van der Waals surface area (Å²) in [7, 11) is 0. The Morgan fingerprint density at radius 3 is 3.06 bits per heavy atom. The van der Waals surface area contributed by atoms with Gasteiger partial charge in [-0.15, -0.1) is 0 Å². The van der Waals surface area contributed by atoms with Crippen molar-refractivity contribution >= 4 is 17.0 Å². The summed E-state index contributed by atoms with van der Waals surface area (Å²) < 4.78 is 2.05. The minimum absolute atomic E-state index is 0.285. The monoisotopic (exact) mass is 218 g/mol. The molecule has 1 fully saturated rings. The minimum atomic E-state index is 0.285. The first-order chi connectivity index (χ1) is 7.86. The van der Waals surface area contributed by atoms with Crippen LogP contribution in [0.3, 0.4) is 0 Å². The van der Waals surface area contributed by atoms with Gasteiger partial charge in [-0.3, -0.25) is 9.88 Å². The summed E-state index contributed by atoms with van der Waals surface area (Å²) in [6, 6.07) is 0. The maximum absolute atomic E-state index is 5.75. The lowest BCUT2D eigenvalue weighted by molar-refractivity contribution is 0.325. The van der Waals surface area contributed by atoms with Crippen LogP contribution < -0.4 is 11.1 Å². The van der Waals surface area contributed by atoms with Gasteiger partial charge in [-0.2, -0.15) is 0 Å². The molecular formula is C10H14N6. The van der Waals surface area contributed by atoms with E-state index >= 15 is 0 Å². The van der Waals surface area contributed by atoms with Crippen LogP contribution in [0.15, 0.2) is 12.7 Å². The van der Waals surface area contributed by atoms with Crippen LogP contribution >= 0.6 is 0 Å². The lowest BCUT2D eigenvalue weighted by Crippen LogP contribution is -2.31. The van der Waals surface area contributed by atoms with Gasteiger partial charge in [-0.25, -0.2) is 15.0 Å². The second-order valence-corrected chi connectivity index (χ2v) is 4.05. The first-order valence-electron chi connectivity index (χ1n) is 5.52. The number of nitrogen functional groups attached to an aromatic ring is 1. The fourth-order valence-electron chi connectivity index (χ4n) is 2.17. The number of hydrogen-bond donors (Lipinski definition) is 2. The van der Waals surface area contributed by atoms with Gasteiger partial charge >= 0.3 is 0 Å². The number of nitrogens with two attached hydrogens (primary N) is 1. The van der Waals surface area contributed by atoms with Gasteiger partial charge in [0.2, 0.25) is 0 Å². The number of rotatable bonds is 1. The number of fused-ring (bicyclic) bond motifs is 1. The Balaban J connectivity index is 2.06. The normalized spacial score (nSPS) is 21.4. The average molecular weight is 218 g/mol. The van der Waals surface area contributed by atoms with E-state index in [0.717, 1.165) is 18.6 Å². The number of aromatic nitrogens is 4. The molecule has 0 aliphatic carbocycles. The molecule has 2 aromatic rings. The summed E-state index contributed by atoms with van der Waals surface area (Å²) >= 11 is 0. The number of piperidine rings is 1. The molecule has 0 bridgehead atoms. The summed E-state index contributed by atoms with van der Waals surface area (Å²) in [5.41, 5.74) is 7.25. The van der Waals surface area contributed by atoms with E-state index in [0.29, 0.717) is 11.3 Å². The smallest absolute Gasteiger partial charge is 0.166 e. The first-order valence-corrected chi connectivity index (χ1v) is 5.52. The molecule has 6 nitrogen and oxygen atoms in total. The zero-order valence-corrected chi connectivity index (χ0v) is 8.93. The zero-order chi connectivity index (χ0) is 11.0. The van der Waals surface area contributed by atoms with Crippen LogP contribution in [0, 0.1) is 0 Å². The molecule has 16 heavy (non-hydrogen) atoms. The van der Waals surface area contributed by atoms with Crippen LogP contribution in [0.5, 0.6) is 0 Å². The van der Waals surface area contributed by atoms with E-state index in [9.17, 15) is 0 Å². The van der Waals surface area contributed by atoms with Crippen LogP contribution in [0.2, 0.25) is 0 Å². The van der Waals surface area contributed by atoms with Crippen molar-refractivity contribution in [1.82, 2.24) is 24.8 Å². The van der Waals surface area contributed by atoms with Crippen molar-refractivity contribution in [3.63, 3.8) is 0 Å². The Labute approximate surface area is 92.9 Å². The first kappa shape index (κ1) is 9.53. The predicted molar refractivity (Wildman–Crippen MR) is 60.6 cm³/mol. The Hall–Kier alpha value is -1.69. The summed E-state index contributed by atoms with van der Waals surface area (Å²) in [6.45, 7) is 1.05. The van der Waals surface area contributed by atoms with Gasteiger partial charge in [-0.05, 0) is 25.8 Å². The van der Waals surface area contributed by atoms with Gasteiger partial charge in [0.05, 0.1) is 12.5 Å².